The molecule has 0 atom stereocenters. The molecule has 0 amide bonds. The van der Waals surface area contributed by atoms with Crippen molar-refractivity contribution in [2.24, 2.45) is 4.99 Å². The summed E-state index contributed by atoms with van der Waals surface area (Å²) in [5.74, 6) is -2.60. The van der Waals surface area contributed by atoms with Crippen molar-refractivity contribution >= 4 is 11.3 Å². The Morgan fingerprint density at radius 2 is 1.95 bits per heavy atom. The highest BCUT2D eigenvalue weighted by Crippen LogP contribution is 2.24. The van der Waals surface area contributed by atoms with Crippen LogP contribution in [-0.4, -0.2) is 11.6 Å². The second kappa shape index (κ2) is 8.02. The lowest BCUT2D eigenvalue weighted by Gasteiger charge is -2.12. The van der Waals surface area contributed by atoms with Crippen LogP contribution in [-0.2, 0) is 0 Å². The van der Waals surface area contributed by atoms with Crippen molar-refractivity contribution in [3.8, 4) is 0 Å². The standard InChI is InChI=1S/C19H25F2N/c1-6-17(18-9-8-14(3)15(4)12-18)13-22-16(5)10-11-19(20,21)7-2/h6,8-9,12-13H,1,7,10-11H2,2-5H3/b17-13+,22-16?. The van der Waals surface area contributed by atoms with E-state index in [1.165, 1.54) is 18.1 Å². The number of hydrogen-bond donors (Lipinski definition) is 0. The van der Waals surface area contributed by atoms with Gasteiger partial charge in [0.1, 0.15) is 0 Å². The van der Waals surface area contributed by atoms with Gasteiger partial charge in [-0.1, -0.05) is 37.8 Å². The van der Waals surface area contributed by atoms with Gasteiger partial charge in [-0.25, -0.2) is 8.78 Å². The third-order valence-electron chi connectivity index (χ3n) is 3.85. The molecule has 3 heteroatoms. The Labute approximate surface area is 132 Å². The normalized spacial score (nSPS) is 13.4. The van der Waals surface area contributed by atoms with Gasteiger partial charge in [0.15, 0.2) is 0 Å². The monoisotopic (exact) mass is 305 g/mol. The summed E-state index contributed by atoms with van der Waals surface area (Å²) in [6, 6.07) is 6.16. The quantitative estimate of drug-likeness (QED) is 0.425. The van der Waals surface area contributed by atoms with Gasteiger partial charge < -0.3 is 0 Å². The van der Waals surface area contributed by atoms with E-state index in [1.54, 1.807) is 19.2 Å². The molecule has 0 spiro atoms. The van der Waals surface area contributed by atoms with Gasteiger partial charge in [0.2, 0.25) is 5.92 Å². The molecule has 0 bridgehead atoms. The fraction of sp³-hybridized carbons (Fsp3) is 0.421. The predicted octanol–water partition coefficient (Wildman–Crippen LogP) is 6.12. The van der Waals surface area contributed by atoms with Crippen molar-refractivity contribution in [1.82, 2.24) is 0 Å². The molecule has 0 fully saturated rings. The minimum atomic E-state index is -2.60. The lowest BCUT2D eigenvalue weighted by Crippen LogP contribution is -2.15. The average molecular weight is 305 g/mol. The van der Waals surface area contributed by atoms with Crippen LogP contribution in [0.4, 0.5) is 8.78 Å². The predicted molar refractivity (Wildman–Crippen MR) is 91.7 cm³/mol. The maximum absolute atomic E-state index is 13.2. The fourth-order valence-electron chi connectivity index (χ4n) is 1.95. The van der Waals surface area contributed by atoms with Gasteiger partial charge in [-0.3, -0.25) is 4.99 Å². The molecule has 0 unspecified atom stereocenters. The number of halogens is 2. The molecule has 0 aliphatic heterocycles. The lowest BCUT2D eigenvalue weighted by molar-refractivity contribution is -0.00935. The Balaban J connectivity index is 2.85. The van der Waals surface area contributed by atoms with Crippen molar-refractivity contribution in [2.45, 2.75) is 52.9 Å². The molecule has 22 heavy (non-hydrogen) atoms. The summed E-state index contributed by atoms with van der Waals surface area (Å²) >= 11 is 0. The molecule has 1 aromatic rings. The van der Waals surface area contributed by atoms with Crippen LogP contribution in [0.15, 0.2) is 42.0 Å². The van der Waals surface area contributed by atoms with Crippen LogP contribution in [0.25, 0.3) is 5.57 Å². The number of benzene rings is 1. The highest BCUT2D eigenvalue weighted by atomic mass is 19.3. The zero-order chi connectivity index (χ0) is 16.8. The third-order valence-corrected chi connectivity index (χ3v) is 3.85. The van der Waals surface area contributed by atoms with E-state index in [-0.39, 0.29) is 12.8 Å². The molecule has 0 saturated heterocycles. The molecule has 1 rings (SSSR count). The van der Waals surface area contributed by atoms with E-state index >= 15 is 0 Å². The Morgan fingerprint density at radius 3 is 2.50 bits per heavy atom. The van der Waals surface area contributed by atoms with E-state index in [1.807, 2.05) is 6.07 Å². The van der Waals surface area contributed by atoms with E-state index < -0.39 is 5.92 Å². The van der Waals surface area contributed by atoms with Crippen LogP contribution in [0.2, 0.25) is 0 Å². The van der Waals surface area contributed by atoms with Gasteiger partial charge >= 0.3 is 0 Å². The maximum Gasteiger partial charge on any atom is 0.248 e. The third kappa shape index (κ3) is 5.55. The first kappa shape index (κ1) is 18.3. The smallest absolute Gasteiger partial charge is 0.248 e. The van der Waals surface area contributed by atoms with Crippen molar-refractivity contribution in [1.29, 1.82) is 0 Å². The molecule has 0 radical (unpaired) electrons. The molecule has 0 aliphatic rings. The van der Waals surface area contributed by atoms with Crippen LogP contribution < -0.4 is 0 Å². The SMILES string of the molecule is C=C/C(=C\N=C(C)CCC(F)(F)CC)c1ccc(C)c(C)c1. The Morgan fingerprint density at radius 1 is 1.27 bits per heavy atom. The molecular weight excluding hydrogens is 280 g/mol. The molecule has 120 valence electrons. The Bertz CT molecular complexity index is 583. The number of allylic oxidation sites excluding steroid dienone is 2. The number of alkyl halides is 2. The molecule has 1 aromatic carbocycles. The topological polar surface area (TPSA) is 12.4 Å². The summed E-state index contributed by atoms with van der Waals surface area (Å²) in [7, 11) is 0. The number of rotatable bonds is 7. The molecule has 0 aliphatic carbocycles. The zero-order valence-corrected chi connectivity index (χ0v) is 13.9. The summed E-state index contributed by atoms with van der Waals surface area (Å²) in [4.78, 5) is 4.31. The maximum atomic E-state index is 13.2. The molecule has 0 heterocycles. The van der Waals surface area contributed by atoms with Gasteiger partial charge in [-0.2, -0.15) is 0 Å². The fourth-order valence-corrected chi connectivity index (χ4v) is 1.95. The highest BCUT2D eigenvalue weighted by molar-refractivity contribution is 5.84. The average Bonchev–Trinajstić information content (AvgIpc) is 2.49. The Kier molecular flexibility index (Phi) is 6.66. The van der Waals surface area contributed by atoms with E-state index in [0.717, 1.165) is 11.1 Å². The van der Waals surface area contributed by atoms with Crippen LogP contribution in [0.5, 0.6) is 0 Å². The zero-order valence-electron chi connectivity index (χ0n) is 13.9. The molecular formula is C19H25F2N. The minimum Gasteiger partial charge on any atom is -0.265 e. The van der Waals surface area contributed by atoms with E-state index in [9.17, 15) is 8.78 Å². The summed E-state index contributed by atoms with van der Waals surface area (Å²) in [6.45, 7) is 11.2. The first-order valence-electron chi connectivity index (χ1n) is 7.60. The number of nitrogens with zero attached hydrogens (tertiary/aromatic N) is 1. The largest absolute Gasteiger partial charge is 0.265 e. The molecule has 0 aromatic heterocycles. The van der Waals surface area contributed by atoms with Gasteiger partial charge in [0.25, 0.3) is 0 Å². The summed E-state index contributed by atoms with van der Waals surface area (Å²) in [6.07, 6.45) is 3.46. The molecule has 1 nitrogen and oxygen atoms in total. The van der Waals surface area contributed by atoms with E-state index in [4.69, 9.17) is 0 Å². The first-order chi connectivity index (χ1) is 10.3. The first-order valence-corrected chi connectivity index (χ1v) is 7.60. The van der Waals surface area contributed by atoms with Crippen LogP contribution >= 0.6 is 0 Å². The Hall–Kier alpha value is -1.77. The number of hydrogen-bond acceptors (Lipinski definition) is 1. The van der Waals surface area contributed by atoms with Crippen molar-refractivity contribution in [3.05, 3.63) is 53.7 Å². The second-order valence-electron chi connectivity index (χ2n) is 5.66. The summed E-state index contributed by atoms with van der Waals surface area (Å²) in [5, 5.41) is 0. The van der Waals surface area contributed by atoms with Gasteiger partial charge in [-0.05, 0) is 49.5 Å². The summed E-state index contributed by atoms with van der Waals surface area (Å²) < 4.78 is 26.5. The molecule has 0 N–H and O–H groups in total. The van der Waals surface area contributed by atoms with Gasteiger partial charge in [0.05, 0.1) is 0 Å². The van der Waals surface area contributed by atoms with Crippen molar-refractivity contribution in [3.63, 3.8) is 0 Å². The summed E-state index contributed by atoms with van der Waals surface area (Å²) in [5.41, 5.74) is 5.07. The van der Waals surface area contributed by atoms with Gasteiger partial charge in [0, 0.05) is 24.8 Å². The molecule has 0 saturated carbocycles. The second-order valence-corrected chi connectivity index (χ2v) is 5.66. The van der Waals surface area contributed by atoms with E-state index in [2.05, 4.69) is 37.6 Å². The lowest BCUT2D eigenvalue weighted by atomic mass is 10.0. The minimum absolute atomic E-state index is 0.128. The number of aryl methyl sites for hydroxylation is 2. The van der Waals surface area contributed by atoms with Crippen molar-refractivity contribution in [2.75, 3.05) is 0 Å². The van der Waals surface area contributed by atoms with E-state index in [0.29, 0.717) is 12.1 Å². The highest BCUT2D eigenvalue weighted by Gasteiger charge is 2.25. The van der Waals surface area contributed by atoms with Gasteiger partial charge in [-0.15, -0.1) is 0 Å². The van der Waals surface area contributed by atoms with Crippen LogP contribution in [0.1, 0.15) is 49.8 Å². The van der Waals surface area contributed by atoms with Crippen molar-refractivity contribution < 1.29 is 8.78 Å². The van der Waals surface area contributed by atoms with Crippen LogP contribution in [0.3, 0.4) is 0 Å². The van der Waals surface area contributed by atoms with Crippen LogP contribution in [0, 0.1) is 13.8 Å². The number of aliphatic imine (C=N–C) groups is 1.